The Morgan fingerprint density at radius 2 is 1.93 bits per heavy atom. The summed E-state index contributed by atoms with van der Waals surface area (Å²) < 4.78 is 31.7. The highest BCUT2D eigenvalue weighted by Crippen LogP contribution is 2.18. The van der Waals surface area contributed by atoms with Crippen molar-refractivity contribution < 1.29 is 17.9 Å². The summed E-state index contributed by atoms with van der Waals surface area (Å²) in [5.41, 5.74) is 0.715. The standard InChI is InChI=1S/C18H25N3O4S2/c1-3-14(2)19-18(26)20-17(22)9-6-15-4-7-16(8-5-15)27(23,24)21-10-12-25-13-11-21/h4-9,14H,3,10-13H2,1-2H3,(H2,19,20,22,26)/b9-6+. The van der Waals surface area contributed by atoms with E-state index in [2.05, 4.69) is 10.6 Å². The summed E-state index contributed by atoms with van der Waals surface area (Å²) in [6.07, 6.45) is 3.86. The first kappa shape index (κ1) is 21.5. The highest BCUT2D eigenvalue weighted by molar-refractivity contribution is 7.89. The van der Waals surface area contributed by atoms with Crippen LogP contribution < -0.4 is 10.6 Å². The minimum Gasteiger partial charge on any atom is -0.379 e. The Bertz CT molecular complexity index is 785. The second kappa shape index (κ2) is 9.93. The average Bonchev–Trinajstić information content (AvgIpc) is 2.67. The molecule has 0 saturated carbocycles. The topological polar surface area (TPSA) is 87.7 Å². The predicted molar refractivity (Wildman–Crippen MR) is 109 cm³/mol. The van der Waals surface area contributed by atoms with E-state index in [0.717, 1.165) is 6.42 Å². The van der Waals surface area contributed by atoms with Gasteiger partial charge in [0.15, 0.2) is 5.11 Å². The molecule has 1 aromatic rings. The molecule has 27 heavy (non-hydrogen) atoms. The maximum Gasteiger partial charge on any atom is 0.250 e. The maximum atomic E-state index is 12.6. The van der Waals surface area contributed by atoms with Crippen LogP contribution in [0.15, 0.2) is 35.2 Å². The first-order valence-corrected chi connectivity index (χ1v) is 10.6. The fourth-order valence-electron chi connectivity index (χ4n) is 2.37. The molecule has 0 spiro atoms. The van der Waals surface area contributed by atoms with Gasteiger partial charge in [-0.05, 0) is 49.3 Å². The lowest BCUT2D eigenvalue weighted by Crippen LogP contribution is -2.42. The van der Waals surface area contributed by atoms with Gasteiger partial charge in [0.2, 0.25) is 15.9 Å². The van der Waals surface area contributed by atoms with Crippen LogP contribution in [0.3, 0.4) is 0 Å². The van der Waals surface area contributed by atoms with E-state index in [9.17, 15) is 13.2 Å². The Kier molecular flexibility index (Phi) is 7.91. The molecule has 0 aromatic heterocycles. The van der Waals surface area contributed by atoms with E-state index in [1.807, 2.05) is 13.8 Å². The highest BCUT2D eigenvalue weighted by atomic mass is 32.2. The zero-order chi connectivity index (χ0) is 19.9. The van der Waals surface area contributed by atoms with Crippen LogP contribution in [0.2, 0.25) is 0 Å². The summed E-state index contributed by atoms with van der Waals surface area (Å²) in [7, 11) is -3.52. The number of sulfonamides is 1. The van der Waals surface area contributed by atoms with Crippen molar-refractivity contribution in [2.24, 2.45) is 0 Å². The molecule has 1 aliphatic heterocycles. The number of hydrogen-bond donors (Lipinski definition) is 2. The summed E-state index contributed by atoms with van der Waals surface area (Å²) in [5.74, 6) is -0.346. The molecule has 1 aliphatic rings. The van der Waals surface area contributed by atoms with Gasteiger partial charge in [0, 0.05) is 25.2 Å². The average molecular weight is 412 g/mol. The number of nitrogens with zero attached hydrogens (tertiary/aromatic N) is 1. The molecule has 1 aromatic carbocycles. The van der Waals surface area contributed by atoms with Crippen LogP contribution in [0.5, 0.6) is 0 Å². The number of morpholine rings is 1. The molecule has 1 atom stereocenters. The lowest BCUT2D eigenvalue weighted by atomic mass is 10.2. The quantitative estimate of drug-likeness (QED) is 0.545. The van der Waals surface area contributed by atoms with Crippen molar-refractivity contribution >= 4 is 39.3 Å². The van der Waals surface area contributed by atoms with Gasteiger partial charge in [-0.1, -0.05) is 19.1 Å². The predicted octanol–water partition coefficient (Wildman–Crippen LogP) is 1.51. The number of carbonyl (C=O) groups excluding carboxylic acids is 1. The molecule has 0 bridgehead atoms. The van der Waals surface area contributed by atoms with Crippen LogP contribution >= 0.6 is 12.2 Å². The minimum atomic E-state index is -3.52. The van der Waals surface area contributed by atoms with Crippen LogP contribution in [0.4, 0.5) is 0 Å². The second-order valence-electron chi connectivity index (χ2n) is 6.19. The van der Waals surface area contributed by atoms with E-state index in [4.69, 9.17) is 17.0 Å². The second-order valence-corrected chi connectivity index (χ2v) is 8.54. The Balaban J connectivity index is 1.95. The van der Waals surface area contributed by atoms with Gasteiger partial charge in [0.1, 0.15) is 0 Å². The molecule has 1 amide bonds. The summed E-state index contributed by atoms with van der Waals surface area (Å²) in [4.78, 5) is 12.1. The molecule has 7 nitrogen and oxygen atoms in total. The van der Waals surface area contributed by atoms with Crippen molar-refractivity contribution in [3.63, 3.8) is 0 Å². The molecule has 148 valence electrons. The largest absolute Gasteiger partial charge is 0.379 e. The summed E-state index contributed by atoms with van der Waals surface area (Å²) in [6, 6.07) is 6.58. The fraction of sp³-hybridized carbons (Fsp3) is 0.444. The molecule has 9 heteroatoms. The zero-order valence-corrected chi connectivity index (χ0v) is 17.1. The lowest BCUT2D eigenvalue weighted by Gasteiger charge is -2.26. The number of thiocarbonyl (C=S) groups is 1. The van der Waals surface area contributed by atoms with Gasteiger partial charge in [-0.3, -0.25) is 10.1 Å². The number of amides is 1. The third-order valence-electron chi connectivity index (χ3n) is 4.14. The van der Waals surface area contributed by atoms with E-state index in [1.54, 1.807) is 18.2 Å². The van der Waals surface area contributed by atoms with Gasteiger partial charge in [0.05, 0.1) is 18.1 Å². The lowest BCUT2D eigenvalue weighted by molar-refractivity contribution is -0.115. The number of nitrogens with one attached hydrogen (secondary N) is 2. The van der Waals surface area contributed by atoms with E-state index < -0.39 is 10.0 Å². The third kappa shape index (κ3) is 6.39. The molecule has 1 fully saturated rings. The molecule has 1 unspecified atom stereocenters. The van der Waals surface area contributed by atoms with Crippen LogP contribution in [0, 0.1) is 0 Å². The van der Waals surface area contributed by atoms with E-state index >= 15 is 0 Å². The number of ether oxygens (including phenoxy) is 1. The van der Waals surface area contributed by atoms with Crippen molar-refractivity contribution in [1.29, 1.82) is 0 Å². The molecular weight excluding hydrogens is 386 g/mol. The summed E-state index contributed by atoms with van der Waals surface area (Å²) in [6.45, 7) is 5.51. The molecular formula is C18H25N3O4S2. The highest BCUT2D eigenvalue weighted by Gasteiger charge is 2.25. The Morgan fingerprint density at radius 1 is 1.30 bits per heavy atom. The Labute approximate surface area is 165 Å². The minimum absolute atomic E-state index is 0.183. The SMILES string of the molecule is CCC(C)NC(=S)NC(=O)/C=C/c1ccc(S(=O)(=O)N2CCOCC2)cc1. The third-order valence-corrected chi connectivity index (χ3v) is 6.27. The monoisotopic (exact) mass is 411 g/mol. The van der Waals surface area contributed by atoms with Crippen LogP contribution in [0.1, 0.15) is 25.8 Å². The number of benzene rings is 1. The van der Waals surface area contributed by atoms with Crippen LogP contribution in [0.25, 0.3) is 6.08 Å². The van der Waals surface area contributed by atoms with Gasteiger partial charge in [-0.2, -0.15) is 4.31 Å². The van der Waals surface area contributed by atoms with Crippen LogP contribution in [-0.2, 0) is 19.6 Å². The van der Waals surface area contributed by atoms with Crippen LogP contribution in [-0.4, -0.2) is 56.1 Å². The van der Waals surface area contributed by atoms with Crippen molar-refractivity contribution in [1.82, 2.24) is 14.9 Å². The number of hydrogen-bond acceptors (Lipinski definition) is 5. The van der Waals surface area contributed by atoms with E-state index in [-0.39, 0.29) is 22.0 Å². The van der Waals surface area contributed by atoms with Crippen molar-refractivity contribution in [3.8, 4) is 0 Å². The van der Waals surface area contributed by atoms with E-state index in [0.29, 0.717) is 31.9 Å². The van der Waals surface area contributed by atoms with Gasteiger partial charge in [-0.25, -0.2) is 8.42 Å². The Morgan fingerprint density at radius 3 is 2.52 bits per heavy atom. The zero-order valence-electron chi connectivity index (χ0n) is 15.5. The number of carbonyl (C=O) groups is 1. The first-order chi connectivity index (χ1) is 12.8. The molecule has 2 rings (SSSR count). The van der Waals surface area contributed by atoms with Gasteiger partial charge >= 0.3 is 0 Å². The molecule has 2 N–H and O–H groups in total. The summed E-state index contributed by atoms with van der Waals surface area (Å²) >= 11 is 5.07. The van der Waals surface area contributed by atoms with E-state index in [1.165, 1.54) is 22.5 Å². The Hall–Kier alpha value is -1.81. The molecule has 0 radical (unpaired) electrons. The number of rotatable bonds is 6. The van der Waals surface area contributed by atoms with Gasteiger partial charge in [-0.15, -0.1) is 0 Å². The van der Waals surface area contributed by atoms with Gasteiger partial charge < -0.3 is 10.1 Å². The van der Waals surface area contributed by atoms with Gasteiger partial charge in [0.25, 0.3) is 0 Å². The fourth-order valence-corrected chi connectivity index (χ4v) is 4.08. The molecule has 0 aliphatic carbocycles. The molecule has 1 heterocycles. The van der Waals surface area contributed by atoms with Crippen molar-refractivity contribution in [2.75, 3.05) is 26.3 Å². The maximum absolute atomic E-state index is 12.6. The van der Waals surface area contributed by atoms with Crippen molar-refractivity contribution in [3.05, 3.63) is 35.9 Å². The molecule has 1 saturated heterocycles. The van der Waals surface area contributed by atoms with Crippen molar-refractivity contribution in [2.45, 2.75) is 31.2 Å². The summed E-state index contributed by atoms with van der Waals surface area (Å²) in [5, 5.41) is 5.86. The normalized spacial score (nSPS) is 16.8. The smallest absolute Gasteiger partial charge is 0.250 e. The first-order valence-electron chi connectivity index (χ1n) is 8.80.